The number of hydrogen-bond donors (Lipinski definition) is 2. The molecule has 1 aromatic rings. The summed E-state index contributed by atoms with van der Waals surface area (Å²) in [5.41, 5.74) is 2.13. The zero-order valence-corrected chi connectivity index (χ0v) is 23.1. The van der Waals surface area contributed by atoms with Crippen molar-refractivity contribution < 1.29 is 38.7 Å². The second-order valence-electron chi connectivity index (χ2n) is 12.0. The van der Waals surface area contributed by atoms with Gasteiger partial charge < -0.3 is 33.9 Å². The number of nitrogens with zero attached hydrogens (tertiary/aromatic N) is 1. The minimum atomic E-state index is -0.883. The fourth-order valence-corrected chi connectivity index (χ4v) is 7.69. The summed E-state index contributed by atoms with van der Waals surface area (Å²) in [6.07, 6.45) is 4.87. The highest BCUT2D eigenvalue weighted by atomic mass is 16.6. The van der Waals surface area contributed by atoms with Crippen LogP contribution in [0.4, 0.5) is 0 Å². The van der Waals surface area contributed by atoms with Crippen LogP contribution in [0.3, 0.4) is 0 Å². The molecular weight excluding hydrogens is 502 g/mol. The number of carbonyl (C=O) groups is 1. The highest BCUT2D eigenvalue weighted by Crippen LogP contribution is 2.65. The van der Waals surface area contributed by atoms with Crippen molar-refractivity contribution in [2.24, 2.45) is 5.92 Å². The van der Waals surface area contributed by atoms with Crippen LogP contribution in [0.1, 0.15) is 55.2 Å². The summed E-state index contributed by atoms with van der Waals surface area (Å²) in [6, 6.07) is 4.44. The van der Waals surface area contributed by atoms with Crippen molar-refractivity contribution in [3.63, 3.8) is 0 Å². The number of carbonyl (C=O) groups excluding carboxylic acids is 1. The maximum Gasteiger partial charge on any atom is 0.308 e. The SMILES string of the molecule is Cc1ccc2c3c1OC1[C@H](OC(=O)CCOCCOCCOCCO)CC[C@@]4(O)[C@@H](C2)N(CC2CC2)CC[C@]314. The Morgan fingerprint density at radius 1 is 1.05 bits per heavy atom. The molecule has 2 heterocycles. The average Bonchev–Trinajstić information content (AvgIpc) is 3.66. The second kappa shape index (κ2) is 11.3. The van der Waals surface area contributed by atoms with Gasteiger partial charge in [-0.05, 0) is 69.0 Å². The lowest BCUT2D eigenvalue weighted by atomic mass is 9.48. The predicted octanol–water partition coefficient (Wildman–Crippen LogP) is 1.90. The molecule has 2 N–H and O–H groups in total. The first-order valence-electron chi connectivity index (χ1n) is 14.8. The molecule has 2 bridgehead atoms. The summed E-state index contributed by atoms with van der Waals surface area (Å²) in [7, 11) is 0. The van der Waals surface area contributed by atoms with Crippen LogP contribution >= 0.6 is 0 Å². The number of aliphatic hydroxyl groups is 2. The molecule has 9 nitrogen and oxygen atoms in total. The Morgan fingerprint density at radius 2 is 1.79 bits per heavy atom. The highest BCUT2D eigenvalue weighted by Gasteiger charge is 2.73. The molecule has 2 aliphatic heterocycles. The maximum absolute atomic E-state index is 12.9. The Labute approximate surface area is 230 Å². The number of aliphatic hydroxyl groups excluding tert-OH is 1. The fourth-order valence-electron chi connectivity index (χ4n) is 7.69. The van der Waals surface area contributed by atoms with Gasteiger partial charge in [0, 0.05) is 18.2 Å². The lowest BCUT2D eigenvalue weighted by Crippen LogP contribution is -2.77. The number of ether oxygens (including phenoxy) is 5. The zero-order valence-electron chi connectivity index (χ0n) is 23.1. The van der Waals surface area contributed by atoms with E-state index in [1.807, 2.05) is 0 Å². The Hall–Kier alpha value is -1.75. The first-order chi connectivity index (χ1) is 19.0. The van der Waals surface area contributed by atoms with Crippen molar-refractivity contribution in [3.8, 4) is 5.75 Å². The Bertz CT molecular complexity index is 1050. The van der Waals surface area contributed by atoms with Crippen molar-refractivity contribution >= 4 is 5.97 Å². The molecule has 1 unspecified atom stereocenters. The topological polar surface area (TPSA) is 107 Å². The highest BCUT2D eigenvalue weighted by molar-refractivity contribution is 5.70. The molecule has 5 aliphatic rings. The van der Waals surface area contributed by atoms with Gasteiger partial charge in [0.2, 0.25) is 0 Å². The molecule has 0 aromatic heterocycles. The largest absolute Gasteiger partial charge is 0.485 e. The summed E-state index contributed by atoms with van der Waals surface area (Å²) in [4.78, 5) is 15.4. The number of piperidine rings is 1. The van der Waals surface area contributed by atoms with E-state index in [1.165, 1.54) is 24.0 Å². The molecule has 39 heavy (non-hydrogen) atoms. The van der Waals surface area contributed by atoms with Gasteiger partial charge in [0.1, 0.15) is 18.0 Å². The molecule has 3 aliphatic carbocycles. The third kappa shape index (κ3) is 4.89. The molecule has 216 valence electrons. The summed E-state index contributed by atoms with van der Waals surface area (Å²) in [5.74, 6) is 1.37. The minimum Gasteiger partial charge on any atom is -0.485 e. The van der Waals surface area contributed by atoms with E-state index in [-0.39, 0.29) is 37.7 Å². The Balaban J connectivity index is 1.09. The van der Waals surface area contributed by atoms with Crippen molar-refractivity contribution in [2.75, 3.05) is 59.3 Å². The van der Waals surface area contributed by atoms with Crippen LogP contribution < -0.4 is 4.74 Å². The fraction of sp³-hybridized carbons (Fsp3) is 0.767. The van der Waals surface area contributed by atoms with Gasteiger partial charge >= 0.3 is 5.97 Å². The van der Waals surface area contributed by atoms with Crippen LogP contribution in [0.25, 0.3) is 0 Å². The van der Waals surface area contributed by atoms with Crippen LogP contribution in [-0.4, -0.2) is 104 Å². The zero-order chi connectivity index (χ0) is 27.0. The number of likely N-dealkylation sites (tertiary alicyclic amines) is 1. The predicted molar refractivity (Wildman–Crippen MR) is 142 cm³/mol. The summed E-state index contributed by atoms with van der Waals surface area (Å²) < 4.78 is 28.9. The van der Waals surface area contributed by atoms with E-state index in [2.05, 4.69) is 24.0 Å². The van der Waals surface area contributed by atoms with Gasteiger partial charge in [-0.2, -0.15) is 0 Å². The van der Waals surface area contributed by atoms with E-state index in [0.717, 1.165) is 43.2 Å². The lowest BCUT2D eigenvalue weighted by molar-refractivity contribution is -0.216. The van der Waals surface area contributed by atoms with E-state index in [1.54, 1.807) is 0 Å². The summed E-state index contributed by atoms with van der Waals surface area (Å²) in [5, 5.41) is 21.2. The molecule has 9 heteroatoms. The van der Waals surface area contributed by atoms with E-state index < -0.39 is 17.1 Å². The molecule has 3 fully saturated rings. The van der Waals surface area contributed by atoms with Crippen molar-refractivity contribution in [2.45, 2.75) is 81.1 Å². The summed E-state index contributed by atoms with van der Waals surface area (Å²) >= 11 is 0. The molecule has 2 saturated carbocycles. The first-order valence-corrected chi connectivity index (χ1v) is 14.8. The van der Waals surface area contributed by atoms with Crippen LogP contribution in [0, 0.1) is 12.8 Å². The number of esters is 1. The molecule has 5 atom stereocenters. The third-order valence-corrected chi connectivity index (χ3v) is 9.64. The molecule has 1 aromatic carbocycles. The first kappa shape index (κ1) is 27.4. The molecule has 6 rings (SSSR count). The van der Waals surface area contributed by atoms with Gasteiger partial charge in [-0.3, -0.25) is 9.69 Å². The Kier molecular flexibility index (Phi) is 7.92. The summed E-state index contributed by atoms with van der Waals surface area (Å²) in [6.45, 7) is 6.32. The van der Waals surface area contributed by atoms with Gasteiger partial charge in [-0.1, -0.05) is 12.1 Å². The van der Waals surface area contributed by atoms with Crippen LogP contribution in [-0.2, 0) is 35.6 Å². The second-order valence-corrected chi connectivity index (χ2v) is 12.0. The van der Waals surface area contributed by atoms with Crippen molar-refractivity contribution in [3.05, 3.63) is 28.8 Å². The van der Waals surface area contributed by atoms with E-state index in [0.29, 0.717) is 45.9 Å². The molecular formula is C30H43NO8. The Morgan fingerprint density at radius 3 is 2.54 bits per heavy atom. The van der Waals surface area contributed by atoms with Gasteiger partial charge in [0.15, 0.2) is 0 Å². The van der Waals surface area contributed by atoms with Gasteiger partial charge in [-0.15, -0.1) is 0 Å². The van der Waals surface area contributed by atoms with Crippen LogP contribution in [0.15, 0.2) is 12.1 Å². The van der Waals surface area contributed by atoms with Crippen LogP contribution in [0.5, 0.6) is 5.75 Å². The quantitative estimate of drug-likeness (QED) is 0.268. The molecule has 1 saturated heterocycles. The molecule has 0 radical (unpaired) electrons. The van der Waals surface area contributed by atoms with Gasteiger partial charge in [0.25, 0.3) is 0 Å². The third-order valence-electron chi connectivity index (χ3n) is 9.64. The van der Waals surface area contributed by atoms with Gasteiger partial charge in [-0.25, -0.2) is 0 Å². The standard InChI is InChI=1S/C30H43NO8/c1-20-2-5-22-18-24-30(34)8-6-23(38-25(33)7-12-35-14-16-37-17-15-36-13-11-32)28-29(30,26(22)27(20)39-28)9-10-31(24)19-21-3-4-21/h2,5,21,23-24,28,32,34H,3-4,6-19H2,1H3/t23-,24-,28?,29+,30-/m1/s1. The maximum atomic E-state index is 12.9. The van der Waals surface area contributed by atoms with Crippen molar-refractivity contribution in [1.82, 2.24) is 4.90 Å². The van der Waals surface area contributed by atoms with Gasteiger partial charge in [0.05, 0.1) is 63.7 Å². The van der Waals surface area contributed by atoms with E-state index in [4.69, 9.17) is 28.8 Å². The van der Waals surface area contributed by atoms with Crippen molar-refractivity contribution in [1.29, 1.82) is 0 Å². The minimum absolute atomic E-state index is 0.00190. The monoisotopic (exact) mass is 545 g/mol. The number of rotatable bonds is 14. The average molecular weight is 546 g/mol. The smallest absolute Gasteiger partial charge is 0.308 e. The van der Waals surface area contributed by atoms with E-state index in [9.17, 15) is 9.90 Å². The number of benzene rings is 1. The van der Waals surface area contributed by atoms with E-state index >= 15 is 0 Å². The van der Waals surface area contributed by atoms with Crippen LogP contribution in [0.2, 0.25) is 0 Å². The number of aryl methyl sites for hydroxylation is 1. The lowest BCUT2D eigenvalue weighted by Gasteiger charge is -2.64. The molecule has 1 spiro atoms. The normalized spacial score (nSPS) is 32.5. The number of hydrogen-bond acceptors (Lipinski definition) is 9. The molecule has 0 amide bonds.